The molecule has 0 fully saturated rings. The Kier molecular flexibility index (Phi) is 9.23. The number of urea groups is 1. The molecule has 0 aliphatic carbocycles. The van der Waals surface area contributed by atoms with E-state index in [-0.39, 0.29) is 22.9 Å². The van der Waals surface area contributed by atoms with Crippen LogP contribution in [0.5, 0.6) is 11.5 Å². The molecule has 3 aromatic rings. The van der Waals surface area contributed by atoms with Gasteiger partial charge in [-0.25, -0.2) is 19.6 Å². The number of phenols is 1. The predicted octanol–water partition coefficient (Wildman–Crippen LogP) is 2.33. The summed E-state index contributed by atoms with van der Waals surface area (Å²) >= 11 is 5.97. The smallest absolute Gasteiger partial charge is 0.328 e. The van der Waals surface area contributed by atoms with Crippen molar-refractivity contribution in [1.82, 2.24) is 20.6 Å². The minimum atomic E-state index is -1.44. The summed E-state index contributed by atoms with van der Waals surface area (Å²) in [4.78, 5) is 44.2. The van der Waals surface area contributed by atoms with E-state index in [9.17, 15) is 24.6 Å². The minimum absolute atomic E-state index is 0.0946. The molecular formula is C23H23ClN6O6. The van der Waals surface area contributed by atoms with Crippen molar-refractivity contribution in [2.75, 3.05) is 30.3 Å². The number of hydrogen-bond donors (Lipinski definition) is 6. The summed E-state index contributed by atoms with van der Waals surface area (Å²) in [5, 5.41) is 29.9. The zero-order chi connectivity index (χ0) is 25.9. The van der Waals surface area contributed by atoms with Gasteiger partial charge in [-0.15, -0.1) is 0 Å². The lowest BCUT2D eigenvalue weighted by Gasteiger charge is -2.17. The summed E-state index contributed by atoms with van der Waals surface area (Å²) in [7, 11) is 0. The molecular weight excluding hydrogens is 492 g/mol. The second-order valence-electron chi connectivity index (χ2n) is 7.21. The second-order valence-corrected chi connectivity index (χ2v) is 7.61. The number of carbonyl (C=O) groups excluding carboxylic acids is 2. The van der Waals surface area contributed by atoms with Crippen molar-refractivity contribution < 1.29 is 29.3 Å². The average molecular weight is 515 g/mol. The van der Waals surface area contributed by atoms with Crippen LogP contribution in [0.15, 0.2) is 60.9 Å². The highest BCUT2D eigenvalue weighted by molar-refractivity contribution is 6.33. The molecule has 0 aliphatic heterocycles. The number of nitrogens with zero attached hydrogens (tertiary/aromatic N) is 2. The number of nitrogens with one attached hydrogen (secondary N) is 4. The van der Waals surface area contributed by atoms with Crippen molar-refractivity contribution in [1.29, 1.82) is 0 Å². The van der Waals surface area contributed by atoms with Gasteiger partial charge in [0.05, 0.1) is 22.8 Å². The van der Waals surface area contributed by atoms with Crippen LogP contribution < -0.4 is 26.0 Å². The molecule has 1 aromatic heterocycles. The Morgan fingerprint density at radius 3 is 2.50 bits per heavy atom. The monoisotopic (exact) mass is 514 g/mol. The number of carbonyl (C=O) groups is 3. The van der Waals surface area contributed by atoms with E-state index < -0.39 is 30.5 Å². The van der Waals surface area contributed by atoms with Crippen LogP contribution >= 0.6 is 11.6 Å². The number of halogens is 1. The van der Waals surface area contributed by atoms with Crippen LogP contribution in [0.2, 0.25) is 5.02 Å². The number of phenolic OH excluding ortho intramolecular Hbond substituents is 1. The Morgan fingerprint density at radius 1 is 1.06 bits per heavy atom. The average Bonchev–Trinajstić information content (AvgIpc) is 2.86. The standard InChI is InChI=1S/C23H23ClN6O6/c24-16-4-1-2-5-17(16)29-23(35)30-18(21(33)34)13-28-20(32)15-7-6-14(12-19(15)31)36-11-10-27-22-25-8-3-9-26-22/h1-9,12,18,31H,10-11,13H2,(H,28,32)(H,33,34)(H,25,26,27)(H2,29,30,35)/t18-/m0/s1. The molecule has 188 valence electrons. The highest BCUT2D eigenvalue weighted by Crippen LogP contribution is 2.23. The Balaban J connectivity index is 1.48. The van der Waals surface area contributed by atoms with Crippen LogP contribution in [-0.2, 0) is 4.79 Å². The van der Waals surface area contributed by atoms with Gasteiger partial charge in [0.25, 0.3) is 5.91 Å². The van der Waals surface area contributed by atoms with Crippen LogP contribution in [0.4, 0.5) is 16.4 Å². The summed E-state index contributed by atoms with van der Waals surface area (Å²) in [5.74, 6) is -1.69. The maximum atomic E-state index is 12.5. The van der Waals surface area contributed by atoms with Gasteiger partial charge >= 0.3 is 12.0 Å². The number of aromatic nitrogens is 2. The summed E-state index contributed by atoms with van der Waals surface area (Å²) in [6, 6.07) is 9.94. The minimum Gasteiger partial charge on any atom is -0.507 e. The van der Waals surface area contributed by atoms with Crippen molar-refractivity contribution in [3.05, 3.63) is 71.5 Å². The number of ether oxygens (including phenoxy) is 1. The fourth-order valence-electron chi connectivity index (χ4n) is 2.88. The Labute approximate surface area is 210 Å². The highest BCUT2D eigenvalue weighted by Gasteiger charge is 2.22. The van der Waals surface area contributed by atoms with E-state index in [2.05, 4.69) is 31.2 Å². The van der Waals surface area contributed by atoms with E-state index in [0.717, 1.165) is 0 Å². The zero-order valence-corrected chi connectivity index (χ0v) is 19.5. The van der Waals surface area contributed by atoms with E-state index >= 15 is 0 Å². The summed E-state index contributed by atoms with van der Waals surface area (Å²) < 4.78 is 5.52. The number of carboxylic acids is 1. The number of para-hydroxylation sites is 1. The lowest BCUT2D eigenvalue weighted by molar-refractivity contribution is -0.138. The van der Waals surface area contributed by atoms with E-state index in [0.29, 0.717) is 23.9 Å². The zero-order valence-electron chi connectivity index (χ0n) is 18.8. The van der Waals surface area contributed by atoms with Gasteiger partial charge in [-0.1, -0.05) is 23.7 Å². The molecule has 0 unspecified atom stereocenters. The van der Waals surface area contributed by atoms with Crippen molar-refractivity contribution >= 4 is 41.1 Å². The lowest BCUT2D eigenvalue weighted by atomic mass is 10.1. The lowest BCUT2D eigenvalue weighted by Crippen LogP contribution is -2.49. The predicted molar refractivity (Wildman–Crippen MR) is 131 cm³/mol. The molecule has 12 nitrogen and oxygen atoms in total. The number of hydrogen-bond acceptors (Lipinski definition) is 8. The number of aromatic hydroxyl groups is 1. The van der Waals surface area contributed by atoms with E-state index in [1.807, 2.05) is 0 Å². The molecule has 0 spiro atoms. The molecule has 1 heterocycles. The summed E-state index contributed by atoms with van der Waals surface area (Å²) in [6.07, 6.45) is 3.20. The first-order valence-corrected chi connectivity index (χ1v) is 11.0. The third-order valence-electron chi connectivity index (χ3n) is 4.63. The summed E-state index contributed by atoms with van der Waals surface area (Å²) in [5.41, 5.74) is 0.198. The molecule has 0 saturated carbocycles. The first-order chi connectivity index (χ1) is 17.3. The first-order valence-electron chi connectivity index (χ1n) is 10.6. The van der Waals surface area contributed by atoms with E-state index in [1.54, 1.807) is 42.7 Å². The fourth-order valence-corrected chi connectivity index (χ4v) is 3.07. The van der Waals surface area contributed by atoms with Gasteiger partial charge in [0.15, 0.2) is 0 Å². The molecule has 0 radical (unpaired) electrons. The van der Waals surface area contributed by atoms with Crippen LogP contribution in [0.1, 0.15) is 10.4 Å². The van der Waals surface area contributed by atoms with Crippen molar-refractivity contribution in [3.8, 4) is 11.5 Å². The SMILES string of the molecule is O=C(Nc1ccccc1Cl)N[C@@H](CNC(=O)c1ccc(OCCNc2ncccn2)cc1O)C(=O)O. The number of benzene rings is 2. The van der Waals surface area contributed by atoms with Crippen LogP contribution in [0.25, 0.3) is 0 Å². The van der Waals surface area contributed by atoms with E-state index in [1.165, 1.54) is 18.2 Å². The molecule has 0 aliphatic rings. The van der Waals surface area contributed by atoms with Gasteiger partial charge in [-0.3, -0.25) is 4.79 Å². The van der Waals surface area contributed by atoms with Gasteiger partial charge in [-0.2, -0.15) is 0 Å². The van der Waals surface area contributed by atoms with Gasteiger partial charge in [-0.05, 0) is 30.3 Å². The third kappa shape index (κ3) is 7.74. The largest absolute Gasteiger partial charge is 0.507 e. The normalized spacial score (nSPS) is 11.1. The second kappa shape index (κ2) is 12.8. The number of aliphatic carboxylic acids is 1. The molecule has 13 heteroatoms. The number of carboxylic acid groups (broad SMARTS) is 1. The number of anilines is 2. The number of rotatable bonds is 11. The van der Waals surface area contributed by atoms with Gasteiger partial charge in [0, 0.05) is 25.0 Å². The molecule has 36 heavy (non-hydrogen) atoms. The maximum Gasteiger partial charge on any atom is 0.328 e. The van der Waals surface area contributed by atoms with Gasteiger partial charge in [0.2, 0.25) is 5.95 Å². The van der Waals surface area contributed by atoms with Gasteiger partial charge < -0.3 is 36.2 Å². The first kappa shape index (κ1) is 26.0. The molecule has 0 saturated heterocycles. The van der Waals surface area contributed by atoms with Crippen molar-refractivity contribution in [2.45, 2.75) is 6.04 Å². The van der Waals surface area contributed by atoms with E-state index in [4.69, 9.17) is 16.3 Å². The topological polar surface area (TPSA) is 175 Å². The molecule has 3 amide bonds. The van der Waals surface area contributed by atoms with Gasteiger partial charge in [0.1, 0.15) is 24.1 Å². The molecule has 0 bridgehead atoms. The van der Waals surface area contributed by atoms with Crippen molar-refractivity contribution in [3.63, 3.8) is 0 Å². The molecule has 3 rings (SSSR count). The molecule has 6 N–H and O–H groups in total. The molecule has 2 aromatic carbocycles. The fraction of sp³-hybridized carbons (Fsp3) is 0.174. The van der Waals surface area contributed by atoms with Crippen LogP contribution in [0, 0.1) is 0 Å². The molecule has 1 atom stereocenters. The number of amides is 3. The van der Waals surface area contributed by atoms with Crippen LogP contribution in [0.3, 0.4) is 0 Å². The van der Waals surface area contributed by atoms with Crippen molar-refractivity contribution in [2.24, 2.45) is 0 Å². The maximum absolute atomic E-state index is 12.5. The van der Waals surface area contributed by atoms with Crippen LogP contribution in [-0.4, -0.2) is 63.8 Å². The third-order valence-corrected chi connectivity index (χ3v) is 4.96. The Hall–Kier alpha value is -4.58. The summed E-state index contributed by atoms with van der Waals surface area (Å²) in [6.45, 7) is 0.209. The highest BCUT2D eigenvalue weighted by atomic mass is 35.5. The Morgan fingerprint density at radius 2 is 1.81 bits per heavy atom. The quantitative estimate of drug-likeness (QED) is 0.210. The Bertz CT molecular complexity index is 1210.